The van der Waals surface area contributed by atoms with Crippen LogP contribution in [-0.2, 0) is 13.6 Å². The minimum Gasteiger partial charge on any atom is -0.285 e. The van der Waals surface area contributed by atoms with Gasteiger partial charge in [-0.25, -0.2) is 13.9 Å². The highest BCUT2D eigenvalue weighted by Gasteiger charge is 2.05. The van der Waals surface area contributed by atoms with Gasteiger partial charge in [-0.15, -0.1) is 0 Å². The van der Waals surface area contributed by atoms with Crippen molar-refractivity contribution in [2.45, 2.75) is 13.5 Å². The lowest BCUT2D eigenvalue weighted by Crippen LogP contribution is -2.23. The fourth-order valence-electron chi connectivity index (χ4n) is 1.53. The molecule has 0 saturated heterocycles. The number of aromatic nitrogens is 3. The van der Waals surface area contributed by atoms with Crippen molar-refractivity contribution in [3.63, 3.8) is 0 Å². The monoisotopic (exact) mass is 221 g/mol. The lowest BCUT2D eigenvalue weighted by molar-refractivity contribution is 0.618. The molecule has 0 aliphatic rings. The fraction of sp³-hybridized carbons (Fsp3) is 0.273. The number of benzene rings is 1. The van der Waals surface area contributed by atoms with Gasteiger partial charge in [0, 0.05) is 7.05 Å². The van der Waals surface area contributed by atoms with Gasteiger partial charge in [0.25, 0.3) is 0 Å². The van der Waals surface area contributed by atoms with Gasteiger partial charge in [-0.1, -0.05) is 6.07 Å². The summed E-state index contributed by atoms with van der Waals surface area (Å²) in [7, 11) is 1.64. The summed E-state index contributed by atoms with van der Waals surface area (Å²) >= 11 is 0. The van der Waals surface area contributed by atoms with E-state index in [1.165, 1.54) is 27.7 Å². The van der Waals surface area contributed by atoms with Crippen LogP contribution in [0, 0.1) is 12.7 Å². The Balaban J connectivity index is 2.34. The third-order valence-electron chi connectivity index (χ3n) is 2.51. The molecule has 0 spiro atoms. The highest BCUT2D eigenvalue weighted by Crippen LogP contribution is 2.10. The molecule has 0 aliphatic carbocycles. The van der Waals surface area contributed by atoms with E-state index in [-0.39, 0.29) is 11.5 Å². The van der Waals surface area contributed by atoms with Crippen LogP contribution in [-0.4, -0.2) is 14.3 Å². The first-order chi connectivity index (χ1) is 7.58. The summed E-state index contributed by atoms with van der Waals surface area (Å²) in [5, 5.41) is 3.95. The van der Waals surface area contributed by atoms with Crippen LogP contribution in [0.15, 0.2) is 29.3 Å². The molecule has 0 aliphatic heterocycles. The Morgan fingerprint density at radius 2 is 2.19 bits per heavy atom. The SMILES string of the molecule is Cc1cc(F)ccc1Cn1ncn(C)c1=O. The molecule has 0 fully saturated rings. The molecular formula is C11H12FN3O. The average molecular weight is 221 g/mol. The summed E-state index contributed by atoms with van der Waals surface area (Å²) < 4.78 is 15.6. The zero-order valence-electron chi connectivity index (χ0n) is 9.14. The molecule has 0 radical (unpaired) electrons. The van der Waals surface area contributed by atoms with Crippen molar-refractivity contribution in [2.24, 2.45) is 7.05 Å². The Bertz CT molecular complexity index is 571. The maximum absolute atomic E-state index is 12.9. The molecule has 0 N–H and O–H groups in total. The van der Waals surface area contributed by atoms with Gasteiger partial charge >= 0.3 is 5.69 Å². The molecule has 16 heavy (non-hydrogen) atoms. The van der Waals surface area contributed by atoms with E-state index in [2.05, 4.69) is 5.10 Å². The molecule has 0 unspecified atom stereocenters. The van der Waals surface area contributed by atoms with Crippen LogP contribution < -0.4 is 5.69 Å². The summed E-state index contributed by atoms with van der Waals surface area (Å²) in [6, 6.07) is 4.51. The van der Waals surface area contributed by atoms with Gasteiger partial charge in [0.15, 0.2) is 0 Å². The van der Waals surface area contributed by atoms with Crippen molar-refractivity contribution < 1.29 is 4.39 Å². The van der Waals surface area contributed by atoms with Crippen molar-refractivity contribution in [3.8, 4) is 0 Å². The third-order valence-corrected chi connectivity index (χ3v) is 2.51. The smallest absolute Gasteiger partial charge is 0.285 e. The minimum absolute atomic E-state index is 0.177. The highest BCUT2D eigenvalue weighted by atomic mass is 19.1. The first-order valence-corrected chi connectivity index (χ1v) is 4.91. The van der Waals surface area contributed by atoms with E-state index in [0.717, 1.165) is 11.1 Å². The van der Waals surface area contributed by atoms with Crippen molar-refractivity contribution in [2.75, 3.05) is 0 Å². The van der Waals surface area contributed by atoms with Crippen LogP contribution in [0.1, 0.15) is 11.1 Å². The number of rotatable bonds is 2. The zero-order chi connectivity index (χ0) is 11.7. The summed E-state index contributed by atoms with van der Waals surface area (Å²) in [4.78, 5) is 11.5. The molecule has 2 rings (SSSR count). The Morgan fingerprint density at radius 3 is 2.75 bits per heavy atom. The molecule has 1 aromatic heterocycles. The molecule has 2 aromatic rings. The maximum Gasteiger partial charge on any atom is 0.345 e. The van der Waals surface area contributed by atoms with Crippen molar-refractivity contribution in [3.05, 3.63) is 52.0 Å². The Labute approximate surface area is 91.9 Å². The van der Waals surface area contributed by atoms with Crippen LogP contribution in [0.2, 0.25) is 0 Å². The second-order valence-electron chi connectivity index (χ2n) is 3.75. The largest absolute Gasteiger partial charge is 0.345 e. The predicted octanol–water partition coefficient (Wildman–Crippen LogP) is 1.08. The van der Waals surface area contributed by atoms with Crippen molar-refractivity contribution in [1.82, 2.24) is 14.3 Å². The Hall–Kier alpha value is -1.91. The van der Waals surface area contributed by atoms with Gasteiger partial charge in [-0.05, 0) is 30.2 Å². The Morgan fingerprint density at radius 1 is 1.44 bits per heavy atom. The predicted molar refractivity (Wildman–Crippen MR) is 57.7 cm³/mol. The molecular weight excluding hydrogens is 209 g/mol. The number of hydrogen-bond donors (Lipinski definition) is 0. The van der Waals surface area contributed by atoms with Crippen LogP contribution >= 0.6 is 0 Å². The molecule has 1 heterocycles. The maximum atomic E-state index is 12.9. The second-order valence-corrected chi connectivity index (χ2v) is 3.75. The van der Waals surface area contributed by atoms with Crippen LogP contribution in [0.5, 0.6) is 0 Å². The normalized spacial score (nSPS) is 10.7. The van der Waals surface area contributed by atoms with E-state index in [4.69, 9.17) is 0 Å². The summed E-state index contributed by atoms with van der Waals surface area (Å²) in [5.41, 5.74) is 1.53. The van der Waals surface area contributed by atoms with E-state index in [0.29, 0.717) is 6.54 Å². The van der Waals surface area contributed by atoms with Gasteiger partial charge in [-0.2, -0.15) is 5.10 Å². The average Bonchev–Trinajstić information content (AvgIpc) is 2.54. The first-order valence-electron chi connectivity index (χ1n) is 4.91. The van der Waals surface area contributed by atoms with Gasteiger partial charge in [0.2, 0.25) is 0 Å². The summed E-state index contributed by atoms with van der Waals surface area (Å²) in [6.45, 7) is 2.18. The molecule has 5 heteroatoms. The fourth-order valence-corrected chi connectivity index (χ4v) is 1.53. The van der Waals surface area contributed by atoms with Crippen LogP contribution in [0.3, 0.4) is 0 Å². The highest BCUT2D eigenvalue weighted by molar-refractivity contribution is 5.26. The van der Waals surface area contributed by atoms with Crippen LogP contribution in [0.25, 0.3) is 0 Å². The standard InChI is InChI=1S/C11H12FN3O/c1-8-5-10(12)4-3-9(8)6-15-11(16)14(2)7-13-15/h3-5,7H,6H2,1-2H3. The van der Waals surface area contributed by atoms with Gasteiger partial charge < -0.3 is 0 Å². The van der Waals surface area contributed by atoms with E-state index in [1.54, 1.807) is 13.1 Å². The topological polar surface area (TPSA) is 39.8 Å². The number of halogens is 1. The first kappa shape index (κ1) is 10.6. The number of aryl methyl sites for hydroxylation is 2. The van der Waals surface area contributed by atoms with E-state index < -0.39 is 0 Å². The van der Waals surface area contributed by atoms with E-state index in [9.17, 15) is 9.18 Å². The third kappa shape index (κ3) is 1.88. The van der Waals surface area contributed by atoms with Crippen LogP contribution in [0.4, 0.5) is 4.39 Å². The second kappa shape index (κ2) is 3.92. The quantitative estimate of drug-likeness (QED) is 0.761. The van der Waals surface area contributed by atoms with Gasteiger partial charge in [0.1, 0.15) is 12.1 Å². The molecule has 0 saturated carbocycles. The molecule has 0 atom stereocenters. The van der Waals surface area contributed by atoms with E-state index in [1.807, 2.05) is 6.92 Å². The molecule has 84 valence electrons. The minimum atomic E-state index is -0.269. The van der Waals surface area contributed by atoms with Crippen molar-refractivity contribution in [1.29, 1.82) is 0 Å². The lowest BCUT2D eigenvalue weighted by atomic mass is 10.1. The summed E-state index contributed by atoms with van der Waals surface area (Å²) in [5.74, 6) is -0.269. The molecule has 4 nitrogen and oxygen atoms in total. The van der Waals surface area contributed by atoms with E-state index >= 15 is 0 Å². The Kier molecular flexibility index (Phi) is 2.60. The van der Waals surface area contributed by atoms with Gasteiger partial charge in [0.05, 0.1) is 6.54 Å². The number of hydrogen-bond acceptors (Lipinski definition) is 2. The molecule has 0 bridgehead atoms. The molecule has 1 aromatic carbocycles. The zero-order valence-corrected chi connectivity index (χ0v) is 9.14. The van der Waals surface area contributed by atoms with Crippen molar-refractivity contribution >= 4 is 0 Å². The number of nitrogens with zero attached hydrogens (tertiary/aromatic N) is 3. The molecule has 0 amide bonds. The lowest BCUT2D eigenvalue weighted by Gasteiger charge is -2.04. The van der Waals surface area contributed by atoms with Gasteiger partial charge in [-0.3, -0.25) is 4.57 Å². The summed E-state index contributed by atoms with van der Waals surface area (Å²) in [6.07, 6.45) is 1.46.